The van der Waals surface area contributed by atoms with Crippen molar-refractivity contribution >= 4 is 44.8 Å². The van der Waals surface area contributed by atoms with Crippen LogP contribution in [0.2, 0.25) is 10.0 Å². The third-order valence-electron chi connectivity index (χ3n) is 3.37. The van der Waals surface area contributed by atoms with Gasteiger partial charge in [-0.2, -0.15) is 4.31 Å². The number of amides is 1. The Morgan fingerprint density at radius 1 is 1.00 bits per heavy atom. The van der Waals surface area contributed by atoms with Crippen molar-refractivity contribution in [1.29, 1.82) is 0 Å². The van der Waals surface area contributed by atoms with Crippen molar-refractivity contribution < 1.29 is 17.6 Å². The second-order valence-electron chi connectivity index (χ2n) is 4.99. The van der Waals surface area contributed by atoms with Crippen LogP contribution >= 0.6 is 23.2 Å². The number of carbonyl (C=O) groups is 1. The fourth-order valence-electron chi connectivity index (χ4n) is 2.21. The molecule has 1 aromatic heterocycles. The maximum atomic E-state index is 13.0. The van der Waals surface area contributed by atoms with Gasteiger partial charge in [-0.1, -0.05) is 41.4 Å². The van der Waals surface area contributed by atoms with Crippen LogP contribution in [0.25, 0.3) is 0 Å². The van der Waals surface area contributed by atoms with E-state index in [9.17, 15) is 13.2 Å². The molecule has 0 saturated carbocycles. The van der Waals surface area contributed by atoms with Crippen molar-refractivity contribution in [1.82, 2.24) is 0 Å². The minimum atomic E-state index is -4.17. The van der Waals surface area contributed by atoms with Gasteiger partial charge >= 0.3 is 0 Å². The normalized spacial score (nSPS) is 11.3. The average Bonchev–Trinajstić information content (AvgIpc) is 3.09. The molecule has 0 spiro atoms. The van der Waals surface area contributed by atoms with E-state index in [2.05, 4.69) is 0 Å². The average molecular weight is 396 g/mol. The van der Waals surface area contributed by atoms with E-state index in [1.54, 1.807) is 18.2 Å². The molecule has 0 unspecified atom stereocenters. The summed E-state index contributed by atoms with van der Waals surface area (Å²) in [6.07, 6.45) is 2.45. The largest absolute Gasteiger partial charge is 0.470 e. The lowest BCUT2D eigenvalue weighted by Crippen LogP contribution is -2.37. The minimum absolute atomic E-state index is 0.00627. The maximum absolute atomic E-state index is 13.0. The number of hydrogen-bond donors (Lipinski definition) is 0. The van der Waals surface area contributed by atoms with Crippen LogP contribution in [0.3, 0.4) is 0 Å². The highest BCUT2D eigenvalue weighted by Crippen LogP contribution is 2.29. The van der Waals surface area contributed by atoms with Gasteiger partial charge in [-0.25, -0.2) is 8.42 Å². The topological polar surface area (TPSA) is 67.6 Å². The van der Waals surface area contributed by atoms with E-state index >= 15 is 0 Å². The van der Waals surface area contributed by atoms with E-state index < -0.39 is 15.9 Å². The summed E-state index contributed by atoms with van der Waals surface area (Å²) in [6.45, 7) is 0. The molecule has 0 atom stereocenters. The van der Waals surface area contributed by atoms with E-state index in [1.165, 1.54) is 48.9 Å². The van der Waals surface area contributed by atoms with Gasteiger partial charge in [-0.3, -0.25) is 4.79 Å². The zero-order valence-corrected chi connectivity index (χ0v) is 14.9. The molecule has 0 saturated heterocycles. The number of carbonyl (C=O) groups excluding carboxylic acids is 1. The molecule has 128 valence electrons. The SMILES string of the molecule is O=C(c1ccc(Cl)cc1Cl)N(c1ccoc1)S(=O)(=O)c1ccccc1. The number of benzene rings is 2. The molecule has 2 aromatic carbocycles. The van der Waals surface area contributed by atoms with Crippen molar-refractivity contribution in [2.75, 3.05) is 4.31 Å². The molecular weight excluding hydrogens is 385 g/mol. The number of anilines is 1. The number of rotatable bonds is 4. The summed E-state index contributed by atoms with van der Waals surface area (Å²) < 4.78 is 31.6. The second kappa shape index (κ2) is 6.92. The van der Waals surface area contributed by atoms with Crippen molar-refractivity contribution in [3.05, 3.63) is 82.7 Å². The second-order valence-corrected chi connectivity index (χ2v) is 7.62. The lowest BCUT2D eigenvalue weighted by Gasteiger charge is -2.21. The highest BCUT2D eigenvalue weighted by atomic mass is 35.5. The molecule has 0 N–H and O–H groups in total. The standard InChI is InChI=1S/C17H11Cl2NO4S/c18-12-6-7-15(16(19)10-12)17(21)20(13-8-9-24-11-13)25(22,23)14-4-2-1-3-5-14/h1-11H. The highest BCUT2D eigenvalue weighted by molar-refractivity contribution is 7.93. The van der Waals surface area contributed by atoms with E-state index in [0.29, 0.717) is 9.33 Å². The Morgan fingerprint density at radius 2 is 1.72 bits per heavy atom. The number of furan rings is 1. The molecule has 0 aliphatic rings. The third-order valence-corrected chi connectivity index (χ3v) is 5.64. The van der Waals surface area contributed by atoms with Crippen LogP contribution < -0.4 is 4.31 Å². The number of halogens is 2. The summed E-state index contributed by atoms with van der Waals surface area (Å²) in [5.74, 6) is -0.813. The van der Waals surface area contributed by atoms with Gasteiger partial charge in [0.25, 0.3) is 15.9 Å². The van der Waals surface area contributed by atoms with E-state index in [-0.39, 0.29) is 21.2 Å². The molecule has 0 aliphatic heterocycles. The first-order chi connectivity index (χ1) is 11.9. The molecule has 1 heterocycles. The van der Waals surface area contributed by atoms with Crippen LogP contribution in [0.4, 0.5) is 5.69 Å². The van der Waals surface area contributed by atoms with Gasteiger partial charge in [0, 0.05) is 11.1 Å². The van der Waals surface area contributed by atoms with Gasteiger partial charge < -0.3 is 4.42 Å². The van der Waals surface area contributed by atoms with Gasteiger partial charge in [0.05, 0.1) is 27.4 Å². The molecule has 1 amide bonds. The lowest BCUT2D eigenvalue weighted by atomic mass is 10.2. The molecule has 3 aromatic rings. The summed E-state index contributed by atoms with van der Waals surface area (Å²) in [4.78, 5) is 12.9. The monoisotopic (exact) mass is 395 g/mol. The van der Waals surface area contributed by atoms with Crippen LogP contribution in [-0.4, -0.2) is 14.3 Å². The molecule has 0 radical (unpaired) electrons. The molecule has 25 heavy (non-hydrogen) atoms. The van der Waals surface area contributed by atoms with Crippen molar-refractivity contribution in [2.24, 2.45) is 0 Å². The predicted molar refractivity (Wildman–Crippen MR) is 95.6 cm³/mol. The first-order valence-corrected chi connectivity index (χ1v) is 9.23. The van der Waals surface area contributed by atoms with Crippen LogP contribution in [0.1, 0.15) is 10.4 Å². The zero-order chi connectivity index (χ0) is 18.0. The molecular formula is C17H11Cl2NO4S. The van der Waals surface area contributed by atoms with Gasteiger partial charge in [0.2, 0.25) is 0 Å². The fraction of sp³-hybridized carbons (Fsp3) is 0. The van der Waals surface area contributed by atoms with Gasteiger partial charge in [-0.05, 0) is 30.3 Å². The number of hydrogen-bond acceptors (Lipinski definition) is 4. The Bertz CT molecular complexity index is 1000. The summed E-state index contributed by atoms with van der Waals surface area (Å²) in [5, 5.41) is 0.386. The minimum Gasteiger partial charge on any atom is -0.470 e. The number of sulfonamides is 1. The smallest absolute Gasteiger partial charge is 0.273 e. The van der Waals surface area contributed by atoms with Crippen LogP contribution in [0.15, 0.2) is 76.4 Å². The number of nitrogens with zero attached hydrogens (tertiary/aromatic N) is 1. The van der Waals surface area contributed by atoms with Crippen LogP contribution in [0.5, 0.6) is 0 Å². The highest BCUT2D eigenvalue weighted by Gasteiger charge is 2.33. The summed E-state index contributed by atoms with van der Waals surface area (Å²) >= 11 is 11.9. The molecule has 8 heteroatoms. The molecule has 0 bridgehead atoms. The quantitative estimate of drug-likeness (QED) is 0.645. The first-order valence-electron chi connectivity index (χ1n) is 7.03. The molecule has 0 aliphatic carbocycles. The van der Waals surface area contributed by atoms with Gasteiger partial charge in [-0.15, -0.1) is 0 Å². The van der Waals surface area contributed by atoms with E-state index in [4.69, 9.17) is 27.6 Å². The van der Waals surface area contributed by atoms with Crippen molar-refractivity contribution in [3.8, 4) is 0 Å². The summed E-state index contributed by atoms with van der Waals surface area (Å²) in [6, 6.07) is 13.2. The molecule has 5 nitrogen and oxygen atoms in total. The third kappa shape index (κ3) is 3.42. The molecule has 3 rings (SSSR count). The van der Waals surface area contributed by atoms with E-state index in [0.717, 1.165) is 0 Å². The Labute approximate surface area is 154 Å². The van der Waals surface area contributed by atoms with Crippen molar-refractivity contribution in [3.63, 3.8) is 0 Å². The van der Waals surface area contributed by atoms with E-state index in [1.807, 2.05) is 0 Å². The summed E-state index contributed by atoms with van der Waals surface area (Å²) in [7, 11) is -4.17. The van der Waals surface area contributed by atoms with Crippen LogP contribution in [0, 0.1) is 0 Å². The molecule has 0 fully saturated rings. The Kier molecular flexibility index (Phi) is 4.85. The Hall–Kier alpha value is -2.28. The zero-order valence-electron chi connectivity index (χ0n) is 12.6. The maximum Gasteiger partial charge on any atom is 0.273 e. The van der Waals surface area contributed by atoms with Crippen molar-refractivity contribution in [2.45, 2.75) is 4.90 Å². The Balaban J connectivity index is 2.15. The van der Waals surface area contributed by atoms with Gasteiger partial charge in [0.15, 0.2) is 0 Å². The fourth-order valence-corrected chi connectivity index (χ4v) is 4.11. The van der Waals surface area contributed by atoms with Crippen LogP contribution in [-0.2, 0) is 10.0 Å². The summed E-state index contributed by atoms with van der Waals surface area (Å²) in [5.41, 5.74) is 0.0756. The Morgan fingerprint density at radius 3 is 2.32 bits per heavy atom. The first kappa shape index (κ1) is 17.5. The lowest BCUT2D eigenvalue weighted by molar-refractivity contribution is 0.101. The van der Waals surface area contributed by atoms with Gasteiger partial charge in [0.1, 0.15) is 6.26 Å². The predicted octanol–water partition coefficient (Wildman–Crippen LogP) is 4.62.